The van der Waals surface area contributed by atoms with E-state index in [1.807, 2.05) is 0 Å². The first-order chi connectivity index (χ1) is 13.2. The second-order valence-electron chi connectivity index (χ2n) is 12.7. The molecule has 0 saturated heterocycles. The van der Waals surface area contributed by atoms with Crippen LogP contribution >= 0.6 is 0 Å². The Morgan fingerprint density at radius 1 is 1.04 bits per heavy atom. The summed E-state index contributed by atoms with van der Waals surface area (Å²) in [5, 5.41) is 0. The van der Waals surface area contributed by atoms with Gasteiger partial charge in [0.1, 0.15) is 0 Å². The fourth-order valence-electron chi connectivity index (χ4n) is 9.79. The standard InChI is InChI=1S/C28H48/c1-9-19(5)22-14-21-13-20(6)28(21)25-15-24(25)23(22)12-17(3)11-18(4)16-27(7,8)26(28)10-2/h17,19-26H,4,9-16H2,1-3,5-8H3. The van der Waals surface area contributed by atoms with E-state index >= 15 is 0 Å². The maximum absolute atomic E-state index is 4.61. The van der Waals surface area contributed by atoms with Crippen LogP contribution in [0.25, 0.3) is 0 Å². The molecule has 4 aliphatic rings. The van der Waals surface area contributed by atoms with Gasteiger partial charge in [-0.15, -0.1) is 0 Å². The van der Waals surface area contributed by atoms with E-state index in [-0.39, 0.29) is 0 Å². The van der Waals surface area contributed by atoms with Gasteiger partial charge in [-0.2, -0.15) is 0 Å². The van der Waals surface area contributed by atoms with Crippen molar-refractivity contribution in [2.24, 2.45) is 64.1 Å². The van der Waals surface area contributed by atoms with Gasteiger partial charge in [0.2, 0.25) is 0 Å². The third kappa shape index (κ3) is 2.98. The lowest BCUT2D eigenvalue weighted by Crippen LogP contribution is -2.58. The molecule has 10 unspecified atom stereocenters. The zero-order valence-electron chi connectivity index (χ0n) is 20.1. The Morgan fingerprint density at radius 2 is 1.75 bits per heavy atom. The van der Waals surface area contributed by atoms with E-state index in [9.17, 15) is 0 Å². The second kappa shape index (κ2) is 7.16. The molecule has 0 aliphatic heterocycles. The van der Waals surface area contributed by atoms with Crippen LogP contribution in [-0.4, -0.2) is 0 Å². The molecule has 0 aromatic heterocycles. The maximum Gasteiger partial charge on any atom is -0.0179 e. The minimum atomic E-state index is 0.404. The lowest BCUT2D eigenvalue weighted by molar-refractivity contribution is -0.157. The van der Waals surface area contributed by atoms with E-state index in [4.69, 9.17) is 0 Å². The summed E-state index contributed by atoms with van der Waals surface area (Å²) in [5.74, 6) is 8.63. The Morgan fingerprint density at radius 3 is 2.36 bits per heavy atom. The zero-order chi connectivity index (χ0) is 20.4. The Kier molecular flexibility index (Phi) is 5.37. The second-order valence-corrected chi connectivity index (χ2v) is 12.7. The van der Waals surface area contributed by atoms with Crippen LogP contribution in [0.3, 0.4) is 0 Å². The summed E-state index contributed by atoms with van der Waals surface area (Å²) < 4.78 is 0. The third-order valence-electron chi connectivity index (χ3n) is 10.7. The van der Waals surface area contributed by atoms with Gasteiger partial charge in [-0.1, -0.05) is 73.5 Å². The van der Waals surface area contributed by atoms with E-state index in [0.717, 1.165) is 53.3 Å². The largest absolute Gasteiger partial charge is 0.0998 e. The van der Waals surface area contributed by atoms with Crippen molar-refractivity contribution in [1.82, 2.24) is 0 Å². The molecule has 1 spiro atoms. The van der Waals surface area contributed by atoms with E-state index in [1.54, 1.807) is 18.4 Å². The summed E-state index contributed by atoms with van der Waals surface area (Å²) in [6.45, 7) is 22.5. The monoisotopic (exact) mass is 384 g/mol. The van der Waals surface area contributed by atoms with Crippen molar-refractivity contribution in [2.45, 2.75) is 99.8 Å². The molecule has 0 aromatic rings. The van der Waals surface area contributed by atoms with Gasteiger partial charge < -0.3 is 0 Å². The zero-order valence-corrected chi connectivity index (χ0v) is 20.1. The molecule has 4 rings (SSSR count). The van der Waals surface area contributed by atoms with Gasteiger partial charge in [-0.3, -0.25) is 0 Å². The van der Waals surface area contributed by atoms with Crippen LogP contribution in [-0.2, 0) is 0 Å². The quantitative estimate of drug-likeness (QED) is 0.429. The number of hydrogen-bond donors (Lipinski definition) is 0. The fourth-order valence-corrected chi connectivity index (χ4v) is 9.79. The summed E-state index contributed by atoms with van der Waals surface area (Å²) in [7, 11) is 0. The van der Waals surface area contributed by atoms with Gasteiger partial charge in [-0.05, 0) is 103 Å². The number of rotatable bonds is 3. The van der Waals surface area contributed by atoms with Crippen molar-refractivity contribution in [1.29, 1.82) is 0 Å². The molecular weight excluding hydrogens is 336 g/mol. The average Bonchev–Trinajstić information content (AvgIpc) is 3.39. The SMILES string of the molecule is C=C1CC(C)CC2C(C(C)CC)CC3CC(C)C3(C3CC23)C(CC)C(C)(C)C1. The highest BCUT2D eigenvalue weighted by molar-refractivity contribution is 5.20. The fraction of sp³-hybridized carbons (Fsp3) is 0.929. The van der Waals surface area contributed by atoms with Crippen molar-refractivity contribution in [3.05, 3.63) is 12.2 Å². The maximum atomic E-state index is 4.61. The summed E-state index contributed by atoms with van der Waals surface area (Å²) in [4.78, 5) is 0. The molecule has 160 valence electrons. The highest BCUT2D eigenvalue weighted by Gasteiger charge is 2.71. The molecule has 4 aliphatic carbocycles. The molecule has 4 saturated carbocycles. The first kappa shape index (κ1) is 21.0. The molecular formula is C28H48. The smallest absolute Gasteiger partial charge is 0.0179 e. The Hall–Kier alpha value is -0.260. The first-order valence-corrected chi connectivity index (χ1v) is 12.8. The van der Waals surface area contributed by atoms with Crippen molar-refractivity contribution < 1.29 is 0 Å². The van der Waals surface area contributed by atoms with Crippen LogP contribution in [0.15, 0.2) is 12.2 Å². The molecule has 0 nitrogen and oxygen atoms in total. The van der Waals surface area contributed by atoms with Gasteiger partial charge in [0.05, 0.1) is 0 Å². The summed E-state index contributed by atoms with van der Waals surface area (Å²) >= 11 is 0. The van der Waals surface area contributed by atoms with E-state index in [0.29, 0.717) is 10.8 Å². The van der Waals surface area contributed by atoms with Gasteiger partial charge in [0.15, 0.2) is 0 Å². The minimum Gasteiger partial charge on any atom is -0.0998 e. The summed E-state index contributed by atoms with van der Waals surface area (Å²) in [5.41, 5.74) is 2.60. The van der Waals surface area contributed by atoms with Crippen LogP contribution in [0.4, 0.5) is 0 Å². The Balaban J connectivity index is 1.82. The highest BCUT2D eigenvalue weighted by atomic mass is 14.8. The lowest BCUT2D eigenvalue weighted by atomic mass is 9.40. The molecule has 0 heterocycles. The topological polar surface area (TPSA) is 0 Å². The van der Waals surface area contributed by atoms with Gasteiger partial charge >= 0.3 is 0 Å². The van der Waals surface area contributed by atoms with E-state index < -0.39 is 0 Å². The molecule has 2 bridgehead atoms. The van der Waals surface area contributed by atoms with Gasteiger partial charge in [0.25, 0.3) is 0 Å². The number of hydrogen-bond acceptors (Lipinski definition) is 0. The number of allylic oxidation sites excluding steroid dienone is 1. The normalized spacial score (nSPS) is 51.2. The van der Waals surface area contributed by atoms with Crippen LogP contribution in [0.5, 0.6) is 0 Å². The Labute approximate surface area is 176 Å². The van der Waals surface area contributed by atoms with Crippen molar-refractivity contribution >= 4 is 0 Å². The van der Waals surface area contributed by atoms with Crippen molar-refractivity contribution in [3.63, 3.8) is 0 Å². The molecule has 4 fully saturated rings. The van der Waals surface area contributed by atoms with Crippen LogP contribution in [0, 0.1) is 64.1 Å². The van der Waals surface area contributed by atoms with Crippen LogP contribution in [0.1, 0.15) is 99.8 Å². The van der Waals surface area contributed by atoms with Gasteiger partial charge in [-0.25, -0.2) is 0 Å². The summed E-state index contributed by atoms with van der Waals surface area (Å²) in [6.07, 6.45) is 11.4. The average molecular weight is 385 g/mol. The van der Waals surface area contributed by atoms with Crippen molar-refractivity contribution in [2.75, 3.05) is 0 Å². The minimum absolute atomic E-state index is 0.404. The molecule has 0 radical (unpaired) electrons. The molecule has 28 heavy (non-hydrogen) atoms. The van der Waals surface area contributed by atoms with Gasteiger partial charge in [0, 0.05) is 0 Å². The highest BCUT2D eigenvalue weighted by Crippen LogP contribution is 2.77. The molecule has 0 aromatic carbocycles. The van der Waals surface area contributed by atoms with Crippen LogP contribution < -0.4 is 0 Å². The van der Waals surface area contributed by atoms with Crippen molar-refractivity contribution in [3.8, 4) is 0 Å². The molecule has 10 atom stereocenters. The third-order valence-corrected chi connectivity index (χ3v) is 10.7. The molecule has 0 heteroatoms. The summed E-state index contributed by atoms with van der Waals surface area (Å²) in [6, 6.07) is 0. The molecule has 0 amide bonds. The van der Waals surface area contributed by atoms with E-state index in [2.05, 4.69) is 55.0 Å². The van der Waals surface area contributed by atoms with E-state index in [1.165, 1.54) is 38.5 Å². The lowest BCUT2D eigenvalue weighted by Gasteiger charge is -2.64. The van der Waals surface area contributed by atoms with Crippen LogP contribution in [0.2, 0.25) is 0 Å². The predicted octanol–water partition coefficient (Wildman–Crippen LogP) is 8.38. The Bertz CT molecular complexity index is 599. The first-order valence-electron chi connectivity index (χ1n) is 12.8. The predicted molar refractivity (Wildman–Crippen MR) is 122 cm³/mol. The molecule has 0 N–H and O–H groups in total.